The van der Waals surface area contributed by atoms with Gasteiger partial charge < -0.3 is 10.2 Å². The molecule has 0 saturated carbocycles. The molecule has 1 heterocycles. The first kappa shape index (κ1) is 13.9. The van der Waals surface area contributed by atoms with Crippen LogP contribution in [0.5, 0.6) is 0 Å². The third-order valence-electron chi connectivity index (χ3n) is 2.37. The average molecular weight is 254 g/mol. The zero-order valence-electron chi connectivity index (χ0n) is 10.3. The summed E-state index contributed by atoms with van der Waals surface area (Å²) in [5, 5.41) is 13.3. The molecule has 6 nitrogen and oxygen atoms in total. The van der Waals surface area contributed by atoms with E-state index < -0.39 is 10.9 Å². The highest BCUT2D eigenvalue weighted by Crippen LogP contribution is 2.08. The highest BCUT2D eigenvalue weighted by Gasteiger charge is 2.11. The van der Waals surface area contributed by atoms with E-state index >= 15 is 0 Å². The topological polar surface area (TPSA) is 71.3 Å². The first-order chi connectivity index (χ1) is 8.56. The second kappa shape index (κ2) is 6.53. The van der Waals surface area contributed by atoms with Crippen molar-refractivity contribution in [3.63, 3.8) is 0 Å². The van der Waals surface area contributed by atoms with Gasteiger partial charge in [0.25, 0.3) is 6.20 Å². The first-order valence-electron chi connectivity index (χ1n) is 5.45. The molecule has 1 aromatic rings. The van der Waals surface area contributed by atoms with E-state index in [0.29, 0.717) is 18.9 Å². The molecule has 98 valence electrons. The molecule has 1 rings (SSSR count). The van der Waals surface area contributed by atoms with Crippen molar-refractivity contribution in [1.82, 2.24) is 15.2 Å². The molecule has 7 heteroatoms. The Kier molecular flexibility index (Phi) is 5.04. The molecule has 0 aliphatic heterocycles. The molecule has 0 fully saturated rings. The number of pyridine rings is 1. The lowest BCUT2D eigenvalue weighted by atomic mass is 10.2. The Morgan fingerprint density at radius 1 is 1.67 bits per heavy atom. The number of halogens is 1. The van der Waals surface area contributed by atoms with Crippen LogP contribution in [-0.4, -0.2) is 28.4 Å². The predicted octanol–water partition coefficient (Wildman–Crippen LogP) is 1.34. The molecule has 0 amide bonds. The van der Waals surface area contributed by atoms with Gasteiger partial charge in [0.05, 0.1) is 4.92 Å². The van der Waals surface area contributed by atoms with Gasteiger partial charge in [0.2, 0.25) is 5.95 Å². The van der Waals surface area contributed by atoms with Crippen molar-refractivity contribution in [3.8, 4) is 0 Å². The largest absolute Gasteiger partial charge is 0.370 e. The molecule has 0 aliphatic rings. The Morgan fingerprint density at radius 3 is 2.83 bits per heavy atom. The molecular weight excluding hydrogens is 239 g/mol. The lowest BCUT2D eigenvalue weighted by molar-refractivity contribution is -0.404. The minimum atomic E-state index is -0.545. The van der Waals surface area contributed by atoms with Crippen molar-refractivity contribution in [1.29, 1.82) is 0 Å². The van der Waals surface area contributed by atoms with Crippen LogP contribution in [0.1, 0.15) is 12.5 Å². The van der Waals surface area contributed by atoms with Crippen LogP contribution >= 0.6 is 0 Å². The Labute approximate surface area is 104 Å². The van der Waals surface area contributed by atoms with Crippen molar-refractivity contribution in [2.75, 3.05) is 13.6 Å². The zero-order chi connectivity index (χ0) is 13.5. The molecule has 0 aromatic carbocycles. The standard InChI is InChI=1S/C11H15FN4O2/c1-3-15(11(13-2)8-16(17)18)7-9-4-5-10(12)14-6-9/h4-6,8,13H,3,7H2,1-2H3/b11-8-. The Hall–Kier alpha value is -2.18. The summed E-state index contributed by atoms with van der Waals surface area (Å²) in [6, 6.07) is 2.86. The third-order valence-corrected chi connectivity index (χ3v) is 2.37. The Balaban J connectivity index is 2.83. The number of nitrogens with zero attached hydrogens (tertiary/aromatic N) is 3. The van der Waals surface area contributed by atoms with E-state index in [1.807, 2.05) is 6.92 Å². The van der Waals surface area contributed by atoms with Gasteiger partial charge in [-0.15, -0.1) is 0 Å². The van der Waals surface area contributed by atoms with Crippen molar-refractivity contribution in [2.24, 2.45) is 0 Å². The predicted molar refractivity (Wildman–Crippen MR) is 64.4 cm³/mol. The number of aromatic nitrogens is 1. The lowest BCUT2D eigenvalue weighted by Gasteiger charge is -2.23. The van der Waals surface area contributed by atoms with E-state index in [1.54, 1.807) is 18.0 Å². The minimum Gasteiger partial charge on any atom is -0.370 e. The Bertz CT molecular complexity index is 433. The smallest absolute Gasteiger partial charge is 0.274 e. The number of hydrogen-bond donors (Lipinski definition) is 1. The van der Waals surface area contributed by atoms with E-state index in [1.165, 1.54) is 12.3 Å². The molecule has 1 N–H and O–H groups in total. The molecule has 0 saturated heterocycles. The molecule has 0 aliphatic carbocycles. The van der Waals surface area contributed by atoms with Crippen LogP contribution in [0.2, 0.25) is 0 Å². The fraction of sp³-hybridized carbons (Fsp3) is 0.364. The van der Waals surface area contributed by atoms with Gasteiger partial charge in [-0.25, -0.2) is 4.98 Å². The summed E-state index contributed by atoms with van der Waals surface area (Å²) in [5.74, 6) is -0.150. The second-order valence-electron chi connectivity index (χ2n) is 3.55. The van der Waals surface area contributed by atoms with Gasteiger partial charge in [-0.3, -0.25) is 10.1 Å². The van der Waals surface area contributed by atoms with Gasteiger partial charge in [-0.05, 0) is 18.6 Å². The zero-order valence-corrected chi connectivity index (χ0v) is 10.3. The minimum absolute atomic E-state index is 0.395. The molecule has 1 aromatic heterocycles. The van der Waals surface area contributed by atoms with Gasteiger partial charge in [-0.2, -0.15) is 4.39 Å². The quantitative estimate of drug-likeness (QED) is 0.471. The summed E-state index contributed by atoms with van der Waals surface area (Å²) in [6.07, 6.45) is 2.32. The van der Waals surface area contributed by atoms with E-state index in [0.717, 1.165) is 11.8 Å². The molecule has 0 bridgehead atoms. The second-order valence-corrected chi connectivity index (χ2v) is 3.55. The van der Waals surface area contributed by atoms with Crippen LogP contribution in [0.4, 0.5) is 4.39 Å². The summed E-state index contributed by atoms with van der Waals surface area (Å²) < 4.78 is 12.7. The first-order valence-corrected chi connectivity index (χ1v) is 5.45. The monoisotopic (exact) mass is 254 g/mol. The third kappa shape index (κ3) is 4.00. The summed E-state index contributed by atoms with van der Waals surface area (Å²) in [6.45, 7) is 2.88. The van der Waals surface area contributed by atoms with Crippen LogP contribution in [0.25, 0.3) is 0 Å². The molecule has 0 unspecified atom stereocenters. The van der Waals surface area contributed by atoms with Crippen molar-refractivity contribution >= 4 is 0 Å². The maximum atomic E-state index is 12.7. The summed E-state index contributed by atoms with van der Waals surface area (Å²) in [5.41, 5.74) is 0.780. The van der Waals surface area contributed by atoms with E-state index in [-0.39, 0.29) is 0 Å². The van der Waals surface area contributed by atoms with Gasteiger partial charge in [0.1, 0.15) is 0 Å². The van der Waals surface area contributed by atoms with Crippen LogP contribution in [0, 0.1) is 16.1 Å². The van der Waals surface area contributed by atoms with Gasteiger partial charge in [0, 0.05) is 26.3 Å². The number of rotatable bonds is 6. The molecule has 18 heavy (non-hydrogen) atoms. The van der Waals surface area contributed by atoms with E-state index in [2.05, 4.69) is 10.3 Å². The van der Waals surface area contributed by atoms with Crippen LogP contribution in [0.15, 0.2) is 30.4 Å². The fourth-order valence-electron chi connectivity index (χ4n) is 1.49. The maximum absolute atomic E-state index is 12.7. The average Bonchev–Trinajstić information content (AvgIpc) is 2.35. The van der Waals surface area contributed by atoms with Crippen molar-refractivity contribution in [3.05, 3.63) is 52.0 Å². The molecule has 0 radical (unpaired) electrons. The van der Waals surface area contributed by atoms with Gasteiger partial charge in [-0.1, -0.05) is 6.07 Å². The van der Waals surface area contributed by atoms with Crippen molar-refractivity contribution < 1.29 is 9.31 Å². The maximum Gasteiger partial charge on any atom is 0.274 e. The number of hydrogen-bond acceptors (Lipinski definition) is 5. The number of nitro groups is 1. The Morgan fingerprint density at radius 2 is 2.39 bits per heavy atom. The number of nitrogens with one attached hydrogen (secondary N) is 1. The van der Waals surface area contributed by atoms with Crippen LogP contribution in [0.3, 0.4) is 0 Å². The van der Waals surface area contributed by atoms with Crippen LogP contribution in [-0.2, 0) is 6.54 Å². The summed E-state index contributed by atoms with van der Waals surface area (Å²) >= 11 is 0. The summed E-state index contributed by atoms with van der Waals surface area (Å²) in [4.78, 5) is 15.3. The van der Waals surface area contributed by atoms with E-state index in [9.17, 15) is 14.5 Å². The van der Waals surface area contributed by atoms with Gasteiger partial charge in [0.15, 0.2) is 5.82 Å². The highest BCUT2D eigenvalue weighted by molar-refractivity contribution is 5.11. The lowest BCUT2D eigenvalue weighted by Crippen LogP contribution is -2.30. The summed E-state index contributed by atoms with van der Waals surface area (Å²) in [7, 11) is 1.61. The van der Waals surface area contributed by atoms with E-state index in [4.69, 9.17) is 0 Å². The molecule has 0 atom stereocenters. The fourth-order valence-corrected chi connectivity index (χ4v) is 1.49. The van der Waals surface area contributed by atoms with Gasteiger partial charge >= 0.3 is 0 Å². The van der Waals surface area contributed by atoms with Crippen LogP contribution < -0.4 is 5.32 Å². The highest BCUT2D eigenvalue weighted by atomic mass is 19.1. The molecular formula is C11H15FN4O2. The molecule has 0 spiro atoms. The SMILES string of the molecule is CCN(Cc1ccc(F)nc1)/C(=C\[N+](=O)[O-])NC. The normalized spacial score (nSPS) is 11.2. The van der Waals surface area contributed by atoms with Crippen molar-refractivity contribution in [2.45, 2.75) is 13.5 Å².